The number of rotatable bonds is 5. The molecule has 1 aromatic carbocycles. The van der Waals surface area contributed by atoms with Crippen molar-refractivity contribution in [3.05, 3.63) is 35.4 Å². The van der Waals surface area contributed by atoms with Crippen molar-refractivity contribution in [2.24, 2.45) is 11.6 Å². The summed E-state index contributed by atoms with van der Waals surface area (Å²) in [6.07, 6.45) is 0. The van der Waals surface area contributed by atoms with Crippen molar-refractivity contribution in [2.75, 3.05) is 5.75 Å². The molecule has 1 aromatic rings. The van der Waals surface area contributed by atoms with Crippen LogP contribution < -0.4 is 17.0 Å². The number of nitrogens with one attached hydrogen (secondary N) is 1. The van der Waals surface area contributed by atoms with Crippen molar-refractivity contribution < 1.29 is 4.79 Å². The Kier molecular flexibility index (Phi) is 4.99. The molecule has 0 bridgehead atoms. The third-order valence-electron chi connectivity index (χ3n) is 2.06. The third kappa shape index (κ3) is 5.21. The first-order valence-electron chi connectivity index (χ1n) is 5.39. The van der Waals surface area contributed by atoms with Gasteiger partial charge in [0.05, 0.1) is 0 Å². The molecule has 0 atom stereocenters. The van der Waals surface area contributed by atoms with Gasteiger partial charge < -0.3 is 5.73 Å². The van der Waals surface area contributed by atoms with Crippen LogP contribution in [-0.4, -0.2) is 17.2 Å². The summed E-state index contributed by atoms with van der Waals surface area (Å²) in [5.74, 6) is 6.54. The van der Waals surface area contributed by atoms with E-state index in [1.165, 1.54) is 0 Å². The molecule has 0 aliphatic carbocycles. The van der Waals surface area contributed by atoms with Gasteiger partial charge in [0, 0.05) is 22.6 Å². The van der Waals surface area contributed by atoms with Crippen molar-refractivity contribution in [1.29, 1.82) is 0 Å². The van der Waals surface area contributed by atoms with Crippen molar-refractivity contribution in [2.45, 2.75) is 25.1 Å². The summed E-state index contributed by atoms with van der Waals surface area (Å²) in [7, 11) is 0. The van der Waals surface area contributed by atoms with Crippen LogP contribution in [0.15, 0.2) is 24.3 Å². The van der Waals surface area contributed by atoms with Gasteiger partial charge in [-0.1, -0.05) is 12.1 Å². The van der Waals surface area contributed by atoms with Crippen LogP contribution in [-0.2, 0) is 5.75 Å². The van der Waals surface area contributed by atoms with Crippen molar-refractivity contribution in [3.63, 3.8) is 0 Å². The lowest BCUT2D eigenvalue weighted by atomic mass is 10.1. The lowest BCUT2D eigenvalue weighted by Crippen LogP contribution is -2.34. The highest BCUT2D eigenvalue weighted by atomic mass is 32.2. The molecule has 1 rings (SSSR count). The predicted octanol–water partition coefficient (Wildman–Crippen LogP) is 1.26. The molecule has 0 aliphatic heterocycles. The molecule has 0 aliphatic rings. The van der Waals surface area contributed by atoms with Crippen LogP contribution in [0, 0.1) is 0 Å². The van der Waals surface area contributed by atoms with E-state index in [9.17, 15) is 4.79 Å². The summed E-state index contributed by atoms with van der Waals surface area (Å²) in [6.45, 7) is 4.00. The quantitative estimate of drug-likeness (QED) is 0.419. The van der Waals surface area contributed by atoms with Gasteiger partial charge >= 0.3 is 0 Å². The van der Waals surface area contributed by atoms with Crippen LogP contribution >= 0.6 is 11.8 Å². The number of benzene rings is 1. The topological polar surface area (TPSA) is 81.1 Å². The maximum absolute atomic E-state index is 11.3. The zero-order chi connectivity index (χ0) is 12.9. The van der Waals surface area contributed by atoms with Crippen LogP contribution in [0.4, 0.5) is 0 Å². The molecule has 17 heavy (non-hydrogen) atoms. The molecule has 0 radical (unpaired) electrons. The third-order valence-corrected chi connectivity index (χ3v) is 3.55. The minimum atomic E-state index is -0.268. The second kappa shape index (κ2) is 6.05. The van der Waals surface area contributed by atoms with E-state index in [4.69, 9.17) is 11.6 Å². The Labute approximate surface area is 106 Å². The van der Waals surface area contributed by atoms with Gasteiger partial charge in [-0.25, -0.2) is 5.84 Å². The van der Waals surface area contributed by atoms with Crippen LogP contribution in [0.5, 0.6) is 0 Å². The summed E-state index contributed by atoms with van der Waals surface area (Å²) in [6, 6.07) is 7.43. The first kappa shape index (κ1) is 14.0. The highest BCUT2D eigenvalue weighted by Crippen LogP contribution is 2.17. The molecule has 0 fully saturated rings. The van der Waals surface area contributed by atoms with Crippen molar-refractivity contribution >= 4 is 17.7 Å². The predicted molar refractivity (Wildman–Crippen MR) is 72.5 cm³/mol. The Morgan fingerprint density at radius 3 is 2.76 bits per heavy atom. The monoisotopic (exact) mass is 253 g/mol. The first-order valence-corrected chi connectivity index (χ1v) is 6.54. The van der Waals surface area contributed by atoms with E-state index < -0.39 is 0 Å². The number of carbonyl (C=O) groups is 1. The highest BCUT2D eigenvalue weighted by Gasteiger charge is 2.10. The minimum Gasteiger partial charge on any atom is -0.325 e. The standard InChI is InChI=1S/C12H19N3OS/c1-12(2,13)8-17-7-9-4-3-5-10(6-9)11(16)15-14/h3-6H,7-8,13-14H2,1-2H3,(H,15,16). The van der Waals surface area contributed by atoms with Crippen LogP contribution in [0.2, 0.25) is 0 Å². The van der Waals surface area contributed by atoms with Gasteiger partial charge in [-0.3, -0.25) is 10.2 Å². The number of thioether (sulfide) groups is 1. The largest absolute Gasteiger partial charge is 0.325 e. The summed E-state index contributed by atoms with van der Waals surface area (Å²) < 4.78 is 0. The van der Waals surface area contributed by atoms with E-state index in [2.05, 4.69) is 5.43 Å². The summed E-state index contributed by atoms with van der Waals surface area (Å²) >= 11 is 1.75. The molecule has 0 heterocycles. The molecule has 0 aromatic heterocycles. The van der Waals surface area contributed by atoms with Gasteiger partial charge in [0.25, 0.3) is 5.91 Å². The molecule has 5 N–H and O–H groups in total. The van der Waals surface area contributed by atoms with Gasteiger partial charge in [-0.2, -0.15) is 11.8 Å². The molecule has 0 unspecified atom stereocenters. The summed E-state index contributed by atoms with van der Waals surface area (Å²) in [5, 5.41) is 0. The second-order valence-corrected chi connectivity index (χ2v) is 5.64. The Bertz CT molecular complexity index is 388. The van der Waals surface area contributed by atoms with Crippen molar-refractivity contribution in [3.8, 4) is 0 Å². The van der Waals surface area contributed by atoms with E-state index in [0.29, 0.717) is 5.56 Å². The maximum Gasteiger partial charge on any atom is 0.265 e. The average molecular weight is 253 g/mol. The van der Waals surface area contributed by atoms with E-state index in [1.807, 2.05) is 32.0 Å². The number of hydrogen-bond donors (Lipinski definition) is 3. The van der Waals surface area contributed by atoms with E-state index in [0.717, 1.165) is 17.1 Å². The number of nitrogens with two attached hydrogens (primary N) is 2. The molecule has 5 heteroatoms. The maximum atomic E-state index is 11.3. The molecular formula is C12H19N3OS. The molecule has 4 nitrogen and oxygen atoms in total. The highest BCUT2D eigenvalue weighted by molar-refractivity contribution is 7.98. The average Bonchev–Trinajstić information content (AvgIpc) is 2.27. The normalized spacial score (nSPS) is 11.3. The molecule has 1 amide bonds. The Morgan fingerprint density at radius 1 is 1.47 bits per heavy atom. The fourth-order valence-electron chi connectivity index (χ4n) is 1.32. The van der Waals surface area contributed by atoms with Crippen LogP contribution in [0.25, 0.3) is 0 Å². The van der Waals surface area contributed by atoms with Gasteiger partial charge in [0.15, 0.2) is 0 Å². The lowest BCUT2D eigenvalue weighted by Gasteiger charge is -2.17. The fraction of sp³-hybridized carbons (Fsp3) is 0.417. The fourth-order valence-corrected chi connectivity index (χ4v) is 2.36. The number of carbonyl (C=O) groups excluding carboxylic acids is 1. The molecular weight excluding hydrogens is 234 g/mol. The summed E-state index contributed by atoms with van der Waals surface area (Å²) in [5.41, 5.74) is 9.53. The van der Waals surface area contributed by atoms with Crippen LogP contribution in [0.3, 0.4) is 0 Å². The molecule has 0 saturated carbocycles. The Morgan fingerprint density at radius 2 is 2.18 bits per heavy atom. The molecule has 0 spiro atoms. The molecule has 0 saturated heterocycles. The summed E-state index contributed by atoms with van der Waals surface area (Å²) in [4.78, 5) is 11.3. The lowest BCUT2D eigenvalue weighted by molar-refractivity contribution is 0.0953. The van der Waals surface area contributed by atoms with Gasteiger partial charge in [-0.05, 0) is 31.5 Å². The van der Waals surface area contributed by atoms with E-state index in [-0.39, 0.29) is 11.4 Å². The van der Waals surface area contributed by atoms with Gasteiger partial charge in [0.2, 0.25) is 0 Å². The Balaban J connectivity index is 2.57. The van der Waals surface area contributed by atoms with Gasteiger partial charge in [0.1, 0.15) is 0 Å². The number of nitrogen functional groups attached to an aromatic ring is 1. The Hall–Kier alpha value is -1.04. The molecule has 94 valence electrons. The van der Waals surface area contributed by atoms with Crippen molar-refractivity contribution in [1.82, 2.24) is 5.43 Å². The number of hydrazine groups is 1. The van der Waals surface area contributed by atoms with Crippen LogP contribution in [0.1, 0.15) is 29.8 Å². The van der Waals surface area contributed by atoms with E-state index >= 15 is 0 Å². The van der Waals surface area contributed by atoms with Gasteiger partial charge in [-0.15, -0.1) is 0 Å². The zero-order valence-electron chi connectivity index (χ0n) is 10.2. The SMILES string of the molecule is CC(C)(N)CSCc1cccc(C(=O)NN)c1. The smallest absolute Gasteiger partial charge is 0.265 e. The zero-order valence-corrected chi connectivity index (χ0v) is 11.0. The number of amides is 1. The second-order valence-electron chi connectivity index (χ2n) is 4.66. The van der Waals surface area contributed by atoms with E-state index in [1.54, 1.807) is 17.8 Å². The minimum absolute atomic E-state index is 0.170. The first-order chi connectivity index (χ1) is 7.92. The number of hydrogen-bond acceptors (Lipinski definition) is 4.